The van der Waals surface area contributed by atoms with Crippen LogP contribution in [-0.2, 0) is 4.79 Å². The topological polar surface area (TPSA) is 217 Å². The average molecular weight is 641 g/mol. The second-order valence-corrected chi connectivity index (χ2v) is 9.93. The number of carbonyl (C=O) groups excluding carboxylic acids is 3. The number of aromatic hydroxyl groups is 1. The normalized spacial score (nSPS) is 10.1. The molecule has 2 heterocycles. The fourth-order valence-electron chi connectivity index (χ4n) is 2.76. The summed E-state index contributed by atoms with van der Waals surface area (Å²) < 4.78 is 4.92. The van der Waals surface area contributed by atoms with E-state index in [0.717, 1.165) is 22.7 Å². The molecule has 0 bridgehead atoms. The number of rotatable bonds is 7. The van der Waals surface area contributed by atoms with Crippen LogP contribution in [0.15, 0.2) is 47.2 Å². The highest BCUT2D eigenvalue weighted by atomic mass is 35.5. The molecule has 15 nitrogen and oxygen atoms in total. The van der Waals surface area contributed by atoms with Crippen LogP contribution in [0.4, 0.5) is 21.9 Å². The molecular formula is C22H14Cl2N6O9S2. The zero-order valence-electron chi connectivity index (χ0n) is 20.2. The number of amides is 2. The maximum absolute atomic E-state index is 12.2. The van der Waals surface area contributed by atoms with Crippen molar-refractivity contribution in [2.45, 2.75) is 6.92 Å². The summed E-state index contributed by atoms with van der Waals surface area (Å²) in [5.41, 5.74) is -0.0223. The summed E-state index contributed by atoms with van der Waals surface area (Å²) in [5, 5.41) is 38.3. The Morgan fingerprint density at radius 2 is 1.32 bits per heavy atom. The van der Waals surface area contributed by atoms with Crippen LogP contribution in [0, 0.1) is 20.2 Å². The Morgan fingerprint density at radius 3 is 1.78 bits per heavy atom. The number of ether oxygens (including phenoxy) is 1. The summed E-state index contributed by atoms with van der Waals surface area (Å²) in [5.74, 6) is -2.83. The third kappa shape index (κ3) is 8.64. The number of thiazole rings is 2. The van der Waals surface area contributed by atoms with E-state index in [-0.39, 0.29) is 54.6 Å². The number of anilines is 2. The number of nitro groups is 2. The van der Waals surface area contributed by atoms with Crippen LogP contribution in [0.2, 0.25) is 10.0 Å². The molecule has 2 aromatic carbocycles. The van der Waals surface area contributed by atoms with Crippen LogP contribution < -0.4 is 15.4 Å². The van der Waals surface area contributed by atoms with Crippen molar-refractivity contribution < 1.29 is 34.1 Å². The zero-order valence-corrected chi connectivity index (χ0v) is 23.3. The van der Waals surface area contributed by atoms with E-state index in [9.17, 15) is 39.7 Å². The van der Waals surface area contributed by atoms with Crippen molar-refractivity contribution in [2.75, 3.05) is 10.6 Å². The molecule has 2 amide bonds. The number of carbonyl (C=O) groups is 3. The van der Waals surface area contributed by atoms with Gasteiger partial charge in [0, 0.05) is 17.0 Å². The van der Waals surface area contributed by atoms with E-state index in [4.69, 9.17) is 27.9 Å². The third-order valence-corrected chi connectivity index (χ3v) is 6.40. The van der Waals surface area contributed by atoms with E-state index in [1.807, 2.05) is 0 Å². The lowest BCUT2D eigenvalue weighted by Crippen LogP contribution is -2.15. The lowest BCUT2D eigenvalue weighted by molar-refractivity contribution is -0.389. The summed E-state index contributed by atoms with van der Waals surface area (Å²) in [6.07, 6.45) is 0. The summed E-state index contributed by atoms with van der Waals surface area (Å²) in [4.78, 5) is 62.0. The second kappa shape index (κ2) is 13.6. The number of nitrogens with one attached hydrogen (secondary N) is 2. The Labute approximate surface area is 246 Å². The SMILES string of the molecule is CC(=O)Oc1ccc(Cl)cc1C(=O)Nc1nc([N+](=O)[O-])cs1.O=C(Nc1nc([N+](=O)[O-])cs1)c1cc(Cl)ccc1O. The van der Waals surface area contributed by atoms with E-state index in [2.05, 4.69) is 20.6 Å². The first-order valence-electron chi connectivity index (χ1n) is 10.6. The van der Waals surface area contributed by atoms with Crippen molar-refractivity contribution in [3.8, 4) is 11.5 Å². The van der Waals surface area contributed by atoms with Crippen molar-refractivity contribution in [1.82, 2.24) is 9.97 Å². The molecular weight excluding hydrogens is 627 g/mol. The molecule has 0 unspecified atom stereocenters. The molecule has 2 aromatic heterocycles. The smallest absolute Gasteiger partial charge is 0.376 e. The average Bonchev–Trinajstić information content (AvgIpc) is 3.57. The van der Waals surface area contributed by atoms with Gasteiger partial charge in [0.05, 0.1) is 21.9 Å². The van der Waals surface area contributed by atoms with Crippen LogP contribution in [0.5, 0.6) is 11.5 Å². The van der Waals surface area contributed by atoms with Gasteiger partial charge in [-0.3, -0.25) is 25.0 Å². The minimum Gasteiger partial charge on any atom is -0.507 e. The number of phenols is 1. The van der Waals surface area contributed by atoms with Crippen LogP contribution in [-0.4, -0.2) is 42.7 Å². The quantitative estimate of drug-likeness (QED) is 0.0984. The molecule has 0 saturated heterocycles. The van der Waals surface area contributed by atoms with Gasteiger partial charge < -0.3 is 30.1 Å². The first kappa shape index (κ1) is 30.8. The van der Waals surface area contributed by atoms with Gasteiger partial charge in [0.25, 0.3) is 11.8 Å². The van der Waals surface area contributed by atoms with E-state index >= 15 is 0 Å². The monoisotopic (exact) mass is 640 g/mol. The molecule has 41 heavy (non-hydrogen) atoms. The molecule has 19 heteroatoms. The number of hydrogen-bond donors (Lipinski definition) is 3. The number of phenolic OH excluding ortho intramolecular Hbond substituents is 1. The molecule has 0 atom stereocenters. The van der Waals surface area contributed by atoms with E-state index in [1.165, 1.54) is 54.1 Å². The Balaban J connectivity index is 0.000000228. The fraction of sp³-hybridized carbons (Fsp3) is 0.0455. The molecule has 0 spiro atoms. The Bertz CT molecular complexity index is 1660. The highest BCUT2D eigenvalue weighted by molar-refractivity contribution is 7.14. The predicted octanol–water partition coefficient (Wildman–Crippen LogP) is 5.54. The summed E-state index contributed by atoms with van der Waals surface area (Å²) in [6, 6.07) is 8.16. The summed E-state index contributed by atoms with van der Waals surface area (Å²) in [6.45, 7) is 1.19. The molecule has 4 rings (SSSR count). The lowest BCUT2D eigenvalue weighted by atomic mass is 10.2. The maximum Gasteiger partial charge on any atom is 0.376 e. The first-order valence-corrected chi connectivity index (χ1v) is 13.1. The first-order chi connectivity index (χ1) is 19.3. The van der Waals surface area contributed by atoms with Gasteiger partial charge in [0.15, 0.2) is 0 Å². The molecule has 0 aliphatic carbocycles. The maximum atomic E-state index is 12.2. The Morgan fingerprint density at radius 1 is 0.854 bits per heavy atom. The largest absolute Gasteiger partial charge is 0.507 e. The van der Waals surface area contributed by atoms with Crippen LogP contribution in [0.3, 0.4) is 0 Å². The van der Waals surface area contributed by atoms with E-state index in [1.54, 1.807) is 0 Å². The van der Waals surface area contributed by atoms with Crippen LogP contribution in [0.25, 0.3) is 0 Å². The van der Waals surface area contributed by atoms with Crippen molar-refractivity contribution in [1.29, 1.82) is 0 Å². The third-order valence-electron chi connectivity index (χ3n) is 4.44. The molecule has 0 aliphatic heterocycles. The van der Waals surface area contributed by atoms with Gasteiger partial charge >= 0.3 is 27.9 Å². The van der Waals surface area contributed by atoms with Crippen molar-refractivity contribution in [3.63, 3.8) is 0 Å². The van der Waals surface area contributed by atoms with Gasteiger partial charge in [-0.1, -0.05) is 45.9 Å². The van der Waals surface area contributed by atoms with Gasteiger partial charge in [0.1, 0.15) is 11.5 Å². The van der Waals surface area contributed by atoms with Gasteiger partial charge in [-0.25, -0.2) is 0 Å². The highest BCUT2D eigenvalue weighted by Crippen LogP contribution is 2.27. The predicted molar refractivity (Wildman–Crippen MR) is 149 cm³/mol. The van der Waals surface area contributed by atoms with Gasteiger partial charge in [0.2, 0.25) is 0 Å². The zero-order chi connectivity index (χ0) is 30.3. The number of esters is 1. The molecule has 4 aromatic rings. The molecule has 0 fully saturated rings. The van der Waals surface area contributed by atoms with Gasteiger partial charge in [-0.05, 0) is 56.2 Å². The summed E-state index contributed by atoms with van der Waals surface area (Å²) >= 11 is 13.4. The lowest BCUT2D eigenvalue weighted by Gasteiger charge is -2.08. The Kier molecular flexibility index (Phi) is 10.2. The number of hydrogen-bond acceptors (Lipinski definition) is 13. The van der Waals surface area contributed by atoms with E-state index < -0.39 is 27.6 Å². The standard InChI is InChI=1S/C12H8ClN3O5S.C10H6ClN3O4S/c1-6(17)21-9-3-2-7(13)4-8(9)11(18)15-12-14-10(5-22-12)16(19)20;11-5-1-2-7(15)6(3-5)9(16)13-10-12-8(4-19-10)14(17)18/h2-5H,1H3,(H,14,15,18);1-4,15H,(H,12,13,16). The molecule has 212 valence electrons. The highest BCUT2D eigenvalue weighted by Gasteiger charge is 2.21. The minimum atomic E-state index is -0.671. The molecule has 0 aliphatic rings. The van der Waals surface area contributed by atoms with Gasteiger partial charge in [-0.2, -0.15) is 0 Å². The number of aromatic nitrogens is 2. The molecule has 0 radical (unpaired) electrons. The Hall–Kier alpha value is -4.71. The van der Waals surface area contributed by atoms with Crippen molar-refractivity contribution in [2.24, 2.45) is 0 Å². The number of benzene rings is 2. The second-order valence-electron chi connectivity index (χ2n) is 7.34. The fourth-order valence-corrected chi connectivity index (χ4v) is 4.41. The number of halogens is 2. The van der Waals surface area contributed by atoms with Gasteiger partial charge in [-0.15, -0.1) is 0 Å². The molecule has 0 saturated carbocycles. The van der Waals surface area contributed by atoms with E-state index in [0.29, 0.717) is 0 Å². The van der Waals surface area contributed by atoms with Crippen molar-refractivity contribution in [3.05, 3.63) is 88.6 Å². The minimum absolute atomic E-state index is 0.0144. The van der Waals surface area contributed by atoms with Crippen molar-refractivity contribution >= 4 is 85.6 Å². The van der Waals surface area contributed by atoms with Crippen LogP contribution >= 0.6 is 45.9 Å². The molecule has 3 N–H and O–H groups in total. The van der Waals surface area contributed by atoms with Crippen LogP contribution in [0.1, 0.15) is 27.6 Å². The summed E-state index contributed by atoms with van der Waals surface area (Å²) in [7, 11) is 0. The number of nitrogens with zero attached hydrogens (tertiary/aromatic N) is 4.